The number of carbonyl (C=O) groups excluding carboxylic acids is 2. The Bertz CT molecular complexity index is 1230. The number of ether oxygens (including phenoxy) is 1. The summed E-state index contributed by atoms with van der Waals surface area (Å²) in [5.74, 6) is 0.252. The van der Waals surface area contributed by atoms with Crippen LogP contribution in [0.15, 0.2) is 57.7 Å². The molecule has 1 atom stereocenters. The number of nitrogens with zero attached hydrogens (tertiary/aromatic N) is 1. The summed E-state index contributed by atoms with van der Waals surface area (Å²) in [5, 5.41) is 3.57. The van der Waals surface area contributed by atoms with Crippen molar-refractivity contribution in [3.8, 4) is 5.75 Å². The zero-order valence-corrected chi connectivity index (χ0v) is 15.7. The predicted molar refractivity (Wildman–Crippen MR) is 105 cm³/mol. The Hall–Kier alpha value is -3.61. The topological polar surface area (TPSA) is 88.9 Å². The lowest BCUT2D eigenvalue weighted by atomic mass is 9.84. The summed E-state index contributed by atoms with van der Waals surface area (Å²) in [6, 6.07) is 13.6. The summed E-state index contributed by atoms with van der Waals surface area (Å²) in [5.41, 5.74) is 0.947. The van der Waals surface area contributed by atoms with Crippen molar-refractivity contribution in [1.29, 1.82) is 0 Å². The summed E-state index contributed by atoms with van der Waals surface area (Å²) in [6.45, 7) is 2.21. The molecule has 1 aromatic heterocycles. The van der Waals surface area contributed by atoms with Gasteiger partial charge in [0.1, 0.15) is 11.3 Å². The number of aryl methyl sites for hydroxylation is 1. The number of carbonyl (C=O) groups is 2. The van der Waals surface area contributed by atoms with Crippen LogP contribution in [0, 0.1) is 6.92 Å². The van der Waals surface area contributed by atoms with Gasteiger partial charge in [0.25, 0.3) is 5.91 Å². The average molecular weight is 390 g/mol. The first kappa shape index (κ1) is 17.5. The van der Waals surface area contributed by atoms with Crippen LogP contribution in [-0.4, -0.2) is 23.4 Å². The smallest absolute Gasteiger partial charge is 0.336 e. The van der Waals surface area contributed by atoms with E-state index in [0.29, 0.717) is 40.9 Å². The highest BCUT2D eigenvalue weighted by atomic mass is 16.5. The molecule has 29 heavy (non-hydrogen) atoms. The number of hydrogen-bond donors (Lipinski definition) is 1. The van der Waals surface area contributed by atoms with Gasteiger partial charge in [-0.1, -0.05) is 30.3 Å². The maximum absolute atomic E-state index is 13.4. The van der Waals surface area contributed by atoms with Gasteiger partial charge in [-0.3, -0.25) is 9.69 Å². The average Bonchev–Trinajstić information content (AvgIpc) is 2.92. The van der Waals surface area contributed by atoms with Crippen LogP contribution in [0.3, 0.4) is 0 Å². The third kappa shape index (κ3) is 2.61. The van der Waals surface area contributed by atoms with Crippen LogP contribution in [0.2, 0.25) is 0 Å². The molecule has 2 aromatic carbocycles. The van der Waals surface area contributed by atoms with Crippen molar-refractivity contribution in [1.82, 2.24) is 10.2 Å². The molecule has 0 bridgehead atoms. The number of imide groups is 1. The van der Waals surface area contributed by atoms with Crippen LogP contribution in [-0.2, 0) is 16.9 Å². The van der Waals surface area contributed by atoms with E-state index in [1.54, 1.807) is 18.2 Å². The van der Waals surface area contributed by atoms with Gasteiger partial charge in [0.05, 0.1) is 13.2 Å². The monoisotopic (exact) mass is 390 g/mol. The van der Waals surface area contributed by atoms with E-state index < -0.39 is 17.2 Å². The molecule has 3 aromatic rings. The van der Waals surface area contributed by atoms with E-state index in [4.69, 9.17) is 9.15 Å². The van der Waals surface area contributed by atoms with Crippen molar-refractivity contribution in [3.05, 3.63) is 75.6 Å². The van der Waals surface area contributed by atoms with Crippen molar-refractivity contribution in [2.45, 2.75) is 25.4 Å². The highest BCUT2D eigenvalue weighted by Crippen LogP contribution is 2.41. The molecule has 7 heteroatoms. The molecule has 0 aliphatic carbocycles. The molecule has 146 valence electrons. The number of benzene rings is 2. The molecule has 1 fully saturated rings. The molecule has 2 aliphatic rings. The van der Waals surface area contributed by atoms with Gasteiger partial charge in [-0.25, -0.2) is 9.59 Å². The first-order valence-corrected chi connectivity index (χ1v) is 9.38. The standard InChI is InChI=1S/C22H18N2O5/c1-13-6-7-15-14(11-19(25)29-18(15)10-13)12-24-20(26)22(23-21(24)27)8-9-28-17-5-3-2-4-16(17)22/h2-7,10-11H,8-9,12H2,1H3,(H,23,27). The molecular weight excluding hydrogens is 372 g/mol. The van der Waals surface area contributed by atoms with Gasteiger partial charge in [-0.05, 0) is 30.2 Å². The highest BCUT2D eigenvalue weighted by Gasteiger charge is 2.54. The van der Waals surface area contributed by atoms with Crippen molar-refractivity contribution in [2.75, 3.05) is 6.61 Å². The lowest BCUT2D eigenvalue weighted by molar-refractivity contribution is -0.133. The largest absolute Gasteiger partial charge is 0.493 e. The van der Waals surface area contributed by atoms with Crippen LogP contribution in [0.1, 0.15) is 23.1 Å². The van der Waals surface area contributed by atoms with E-state index in [-0.39, 0.29) is 12.5 Å². The summed E-state index contributed by atoms with van der Waals surface area (Å²) in [6.07, 6.45) is 0.349. The van der Waals surface area contributed by atoms with E-state index in [0.717, 1.165) is 10.5 Å². The number of nitrogens with one attached hydrogen (secondary N) is 1. The Morgan fingerprint density at radius 1 is 1.10 bits per heavy atom. The molecule has 7 nitrogen and oxygen atoms in total. The molecule has 1 saturated heterocycles. The van der Waals surface area contributed by atoms with Crippen LogP contribution in [0.5, 0.6) is 5.75 Å². The van der Waals surface area contributed by atoms with Gasteiger partial charge >= 0.3 is 11.7 Å². The Labute approximate surface area is 165 Å². The maximum atomic E-state index is 13.4. The maximum Gasteiger partial charge on any atom is 0.336 e. The normalized spacial score (nSPS) is 20.7. The SMILES string of the molecule is Cc1ccc2c(CN3C(=O)NC4(CCOc5ccccc54)C3=O)cc(=O)oc2c1. The van der Waals surface area contributed by atoms with Gasteiger partial charge in [-0.2, -0.15) is 0 Å². The number of hydrogen-bond acceptors (Lipinski definition) is 5. The predicted octanol–water partition coefficient (Wildman–Crippen LogP) is 2.83. The number of para-hydroxylation sites is 1. The first-order valence-electron chi connectivity index (χ1n) is 9.38. The summed E-state index contributed by atoms with van der Waals surface area (Å²) >= 11 is 0. The van der Waals surface area contributed by atoms with Crippen molar-refractivity contribution >= 4 is 22.9 Å². The van der Waals surface area contributed by atoms with Gasteiger partial charge in [0.2, 0.25) is 0 Å². The molecule has 0 radical (unpaired) electrons. The lowest BCUT2D eigenvalue weighted by Crippen LogP contribution is -2.47. The fourth-order valence-corrected chi connectivity index (χ4v) is 4.15. The van der Waals surface area contributed by atoms with Gasteiger partial charge in [0.15, 0.2) is 5.54 Å². The fourth-order valence-electron chi connectivity index (χ4n) is 4.15. The van der Waals surface area contributed by atoms with E-state index in [2.05, 4.69) is 5.32 Å². The molecule has 2 aliphatic heterocycles. The summed E-state index contributed by atoms with van der Waals surface area (Å²) < 4.78 is 10.9. The van der Waals surface area contributed by atoms with Crippen LogP contribution in [0.4, 0.5) is 4.79 Å². The number of fused-ring (bicyclic) bond motifs is 3. The minimum atomic E-state index is -1.14. The molecule has 3 heterocycles. The van der Waals surface area contributed by atoms with E-state index >= 15 is 0 Å². The van der Waals surface area contributed by atoms with Crippen LogP contribution < -0.4 is 15.7 Å². The molecule has 1 unspecified atom stereocenters. The zero-order valence-electron chi connectivity index (χ0n) is 15.7. The quantitative estimate of drug-likeness (QED) is 0.537. The molecule has 3 amide bonds. The lowest BCUT2D eigenvalue weighted by Gasteiger charge is -2.33. The Morgan fingerprint density at radius 3 is 2.79 bits per heavy atom. The minimum Gasteiger partial charge on any atom is -0.493 e. The second kappa shape index (κ2) is 6.20. The van der Waals surface area contributed by atoms with Crippen LogP contribution in [0.25, 0.3) is 11.0 Å². The Balaban J connectivity index is 1.56. The van der Waals surface area contributed by atoms with Crippen molar-refractivity contribution < 1.29 is 18.7 Å². The molecular formula is C22H18N2O5. The number of rotatable bonds is 2. The second-order valence-electron chi connectivity index (χ2n) is 7.41. The van der Waals surface area contributed by atoms with Gasteiger partial charge < -0.3 is 14.5 Å². The van der Waals surface area contributed by atoms with Gasteiger partial charge in [-0.15, -0.1) is 0 Å². The fraction of sp³-hybridized carbons (Fsp3) is 0.227. The van der Waals surface area contributed by atoms with E-state index in [1.165, 1.54) is 6.07 Å². The second-order valence-corrected chi connectivity index (χ2v) is 7.41. The van der Waals surface area contributed by atoms with Crippen molar-refractivity contribution in [2.24, 2.45) is 0 Å². The molecule has 1 N–H and O–H groups in total. The molecule has 0 saturated carbocycles. The first-order chi connectivity index (χ1) is 14.0. The summed E-state index contributed by atoms with van der Waals surface area (Å²) in [7, 11) is 0. The van der Waals surface area contributed by atoms with Crippen molar-refractivity contribution in [3.63, 3.8) is 0 Å². The third-order valence-corrected chi connectivity index (χ3v) is 5.57. The summed E-state index contributed by atoms with van der Waals surface area (Å²) in [4.78, 5) is 39.4. The highest BCUT2D eigenvalue weighted by molar-refractivity contribution is 6.08. The van der Waals surface area contributed by atoms with E-state index in [1.807, 2.05) is 31.2 Å². The zero-order chi connectivity index (χ0) is 20.2. The number of urea groups is 1. The molecule has 5 rings (SSSR count). The number of amides is 3. The minimum absolute atomic E-state index is 0.0133. The van der Waals surface area contributed by atoms with E-state index in [9.17, 15) is 14.4 Å². The Kier molecular flexibility index (Phi) is 3.74. The Morgan fingerprint density at radius 2 is 1.93 bits per heavy atom. The third-order valence-electron chi connectivity index (χ3n) is 5.57. The van der Waals surface area contributed by atoms with Gasteiger partial charge in [0, 0.05) is 23.4 Å². The molecule has 1 spiro atoms. The van der Waals surface area contributed by atoms with Crippen LogP contribution >= 0.6 is 0 Å².